The maximum absolute atomic E-state index is 12.2. The van der Waals surface area contributed by atoms with Crippen molar-refractivity contribution in [3.63, 3.8) is 0 Å². The number of hydrogen-bond donors (Lipinski definition) is 2. The molecule has 0 bridgehead atoms. The highest BCUT2D eigenvalue weighted by Gasteiger charge is 2.16. The molecule has 2 aromatic heterocycles. The van der Waals surface area contributed by atoms with Crippen molar-refractivity contribution in [1.82, 2.24) is 19.9 Å². The standard InChI is InChI=1S/C16H21N5O/c1-12-17-10-11-21(12)16-14(5-3-9-19-16)20-15(22)7-6-13-4-2-8-18-13/h3,5,9-11,13,18H,2,4,6-8H2,1H3,(H,20,22). The molecule has 1 fully saturated rings. The first-order valence-electron chi connectivity index (χ1n) is 7.72. The Morgan fingerprint density at radius 3 is 3.09 bits per heavy atom. The first-order valence-corrected chi connectivity index (χ1v) is 7.72. The molecule has 1 atom stereocenters. The van der Waals surface area contributed by atoms with E-state index in [-0.39, 0.29) is 5.91 Å². The largest absolute Gasteiger partial charge is 0.323 e. The minimum absolute atomic E-state index is 0.0284. The second-order valence-electron chi connectivity index (χ2n) is 5.60. The molecule has 1 unspecified atom stereocenters. The van der Waals surface area contributed by atoms with Crippen LogP contribution >= 0.6 is 0 Å². The van der Waals surface area contributed by atoms with Crippen LogP contribution in [0.25, 0.3) is 5.82 Å². The number of anilines is 1. The lowest BCUT2D eigenvalue weighted by Crippen LogP contribution is -2.23. The molecule has 22 heavy (non-hydrogen) atoms. The molecule has 0 aliphatic carbocycles. The molecule has 6 nitrogen and oxygen atoms in total. The Balaban J connectivity index is 1.67. The fourth-order valence-electron chi connectivity index (χ4n) is 2.81. The molecule has 3 heterocycles. The molecule has 2 N–H and O–H groups in total. The lowest BCUT2D eigenvalue weighted by Gasteiger charge is -2.13. The predicted octanol–water partition coefficient (Wildman–Crippen LogP) is 2.05. The fourth-order valence-corrected chi connectivity index (χ4v) is 2.81. The zero-order valence-electron chi connectivity index (χ0n) is 12.7. The summed E-state index contributed by atoms with van der Waals surface area (Å²) in [5, 5.41) is 6.38. The number of carbonyl (C=O) groups excluding carboxylic acids is 1. The maximum Gasteiger partial charge on any atom is 0.224 e. The molecule has 1 saturated heterocycles. The van der Waals surface area contributed by atoms with Crippen molar-refractivity contribution < 1.29 is 4.79 Å². The van der Waals surface area contributed by atoms with Gasteiger partial charge in [0.05, 0.1) is 5.69 Å². The van der Waals surface area contributed by atoms with Gasteiger partial charge in [-0.05, 0) is 44.9 Å². The van der Waals surface area contributed by atoms with Crippen LogP contribution in [0.5, 0.6) is 0 Å². The van der Waals surface area contributed by atoms with E-state index in [9.17, 15) is 4.79 Å². The molecule has 3 rings (SSSR count). The van der Waals surface area contributed by atoms with Crippen LogP contribution in [0.3, 0.4) is 0 Å². The van der Waals surface area contributed by atoms with Crippen molar-refractivity contribution in [1.29, 1.82) is 0 Å². The number of carbonyl (C=O) groups is 1. The number of aromatic nitrogens is 3. The second kappa shape index (κ2) is 6.70. The number of nitrogens with zero attached hydrogens (tertiary/aromatic N) is 3. The summed E-state index contributed by atoms with van der Waals surface area (Å²) in [7, 11) is 0. The van der Waals surface area contributed by atoms with Crippen LogP contribution in [0.2, 0.25) is 0 Å². The highest BCUT2D eigenvalue weighted by atomic mass is 16.1. The number of nitrogens with one attached hydrogen (secondary N) is 2. The number of rotatable bonds is 5. The van der Waals surface area contributed by atoms with Gasteiger partial charge in [0, 0.05) is 31.1 Å². The van der Waals surface area contributed by atoms with Crippen LogP contribution in [0, 0.1) is 6.92 Å². The molecule has 0 aromatic carbocycles. The average molecular weight is 299 g/mol. The van der Waals surface area contributed by atoms with Crippen LogP contribution in [0.15, 0.2) is 30.7 Å². The van der Waals surface area contributed by atoms with E-state index in [2.05, 4.69) is 20.6 Å². The monoisotopic (exact) mass is 299 g/mol. The van der Waals surface area contributed by atoms with Gasteiger partial charge in [-0.2, -0.15) is 0 Å². The van der Waals surface area contributed by atoms with Gasteiger partial charge in [0.15, 0.2) is 5.82 Å². The zero-order valence-corrected chi connectivity index (χ0v) is 12.7. The van der Waals surface area contributed by atoms with Crippen LogP contribution in [-0.2, 0) is 4.79 Å². The number of amides is 1. The molecule has 6 heteroatoms. The first kappa shape index (κ1) is 14.7. The second-order valence-corrected chi connectivity index (χ2v) is 5.60. The highest BCUT2D eigenvalue weighted by Crippen LogP contribution is 2.19. The molecule has 1 aliphatic rings. The third kappa shape index (κ3) is 3.33. The van der Waals surface area contributed by atoms with Gasteiger partial charge >= 0.3 is 0 Å². The first-order chi connectivity index (χ1) is 10.7. The summed E-state index contributed by atoms with van der Waals surface area (Å²) in [6, 6.07) is 4.17. The molecule has 116 valence electrons. The molecule has 0 spiro atoms. The van der Waals surface area contributed by atoms with Crippen molar-refractivity contribution >= 4 is 11.6 Å². The number of hydrogen-bond acceptors (Lipinski definition) is 4. The van der Waals surface area contributed by atoms with Crippen LogP contribution < -0.4 is 10.6 Å². The summed E-state index contributed by atoms with van der Waals surface area (Å²) in [5.74, 6) is 1.56. The van der Waals surface area contributed by atoms with E-state index >= 15 is 0 Å². The number of pyridine rings is 1. The summed E-state index contributed by atoms with van der Waals surface area (Å²) in [4.78, 5) is 20.8. The smallest absolute Gasteiger partial charge is 0.224 e. The zero-order chi connectivity index (χ0) is 15.4. The third-order valence-corrected chi connectivity index (χ3v) is 4.00. The Kier molecular flexibility index (Phi) is 4.48. The molecule has 0 radical (unpaired) electrons. The van der Waals surface area contributed by atoms with E-state index in [4.69, 9.17) is 0 Å². The van der Waals surface area contributed by atoms with Gasteiger partial charge in [-0.15, -0.1) is 0 Å². The van der Waals surface area contributed by atoms with Crippen molar-refractivity contribution in [3.8, 4) is 5.82 Å². The fraction of sp³-hybridized carbons (Fsp3) is 0.438. The topological polar surface area (TPSA) is 71.8 Å². The Hall–Kier alpha value is -2.21. The predicted molar refractivity (Wildman–Crippen MR) is 85.0 cm³/mol. The van der Waals surface area contributed by atoms with E-state index < -0.39 is 0 Å². The SMILES string of the molecule is Cc1nccn1-c1ncccc1NC(=O)CCC1CCCN1. The van der Waals surface area contributed by atoms with Crippen LogP contribution in [-0.4, -0.2) is 33.0 Å². The summed E-state index contributed by atoms with van der Waals surface area (Å²) in [6.45, 7) is 2.98. The van der Waals surface area contributed by atoms with Gasteiger partial charge in [-0.3, -0.25) is 9.36 Å². The minimum atomic E-state index is 0.0284. The molecular weight excluding hydrogens is 278 g/mol. The Morgan fingerprint density at radius 1 is 1.45 bits per heavy atom. The van der Waals surface area contributed by atoms with E-state index in [0.29, 0.717) is 24.0 Å². The molecular formula is C16H21N5O. The normalized spacial score (nSPS) is 17.6. The van der Waals surface area contributed by atoms with E-state index in [1.165, 1.54) is 12.8 Å². The summed E-state index contributed by atoms with van der Waals surface area (Å²) < 4.78 is 1.87. The van der Waals surface area contributed by atoms with Crippen molar-refractivity contribution in [2.75, 3.05) is 11.9 Å². The third-order valence-electron chi connectivity index (χ3n) is 4.00. The Morgan fingerprint density at radius 2 is 2.36 bits per heavy atom. The Labute approximate surface area is 130 Å². The van der Waals surface area contributed by atoms with Crippen molar-refractivity contribution in [3.05, 3.63) is 36.5 Å². The van der Waals surface area contributed by atoms with Gasteiger partial charge in [-0.25, -0.2) is 9.97 Å². The van der Waals surface area contributed by atoms with Gasteiger partial charge < -0.3 is 10.6 Å². The van der Waals surface area contributed by atoms with Crippen LogP contribution in [0.4, 0.5) is 5.69 Å². The number of imidazole rings is 1. The Bertz CT molecular complexity index is 645. The van der Waals surface area contributed by atoms with Gasteiger partial charge in [0.25, 0.3) is 0 Å². The number of aryl methyl sites for hydroxylation is 1. The molecule has 1 aliphatic heterocycles. The van der Waals surface area contributed by atoms with E-state index in [1.54, 1.807) is 12.4 Å². The summed E-state index contributed by atoms with van der Waals surface area (Å²) in [5.41, 5.74) is 0.716. The molecule has 2 aromatic rings. The van der Waals surface area contributed by atoms with Gasteiger partial charge in [-0.1, -0.05) is 0 Å². The summed E-state index contributed by atoms with van der Waals surface area (Å²) in [6.07, 6.45) is 9.06. The molecule has 0 saturated carbocycles. The van der Waals surface area contributed by atoms with E-state index in [1.807, 2.05) is 29.8 Å². The minimum Gasteiger partial charge on any atom is -0.323 e. The van der Waals surface area contributed by atoms with E-state index in [0.717, 1.165) is 18.8 Å². The van der Waals surface area contributed by atoms with Crippen LogP contribution in [0.1, 0.15) is 31.5 Å². The highest BCUT2D eigenvalue weighted by molar-refractivity contribution is 5.92. The average Bonchev–Trinajstić information content (AvgIpc) is 3.17. The van der Waals surface area contributed by atoms with Gasteiger partial charge in [0.1, 0.15) is 5.82 Å². The van der Waals surface area contributed by atoms with Gasteiger partial charge in [0.2, 0.25) is 5.91 Å². The quantitative estimate of drug-likeness (QED) is 0.886. The van der Waals surface area contributed by atoms with Crippen molar-refractivity contribution in [2.45, 2.75) is 38.6 Å². The molecule has 1 amide bonds. The van der Waals surface area contributed by atoms with Crippen molar-refractivity contribution in [2.24, 2.45) is 0 Å². The summed E-state index contributed by atoms with van der Waals surface area (Å²) >= 11 is 0. The lowest BCUT2D eigenvalue weighted by molar-refractivity contribution is -0.116. The maximum atomic E-state index is 12.2. The lowest BCUT2D eigenvalue weighted by atomic mass is 10.1.